The molecule has 19 heavy (non-hydrogen) atoms. The first-order valence-corrected chi connectivity index (χ1v) is 8.10. The summed E-state index contributed by atoms with van der Waals surface area (Å²) in [6.45, 7) is 8.66. The fraction of sp³-hybridized carbons (Fsp3) is 0.857. The topological polar surface area (TPSA) is 47.0 Å². The average molecular weight is 283 g/mol. The largest absolute Gasteiger partial charge is 0.466 e. The van der Waals surface area contributed by atoms with Crippen molar-refractivity contribution in [2.45, 2.75) is 65.5 Å². The molecule has 5 heteroatoms. The van der Waals surface area contributed by atoms with E-state index in [1.807, 2.05) is 0 Å². The van der Waals surface area contributed by atoms with Crippen molar-refractivity contribution in [1.82, 2.24) is 15.5 Å². The summed E-state index contributed by atoms with van der Waals surface area (Å²) in [4.78, 5) is 0. The van der Waals surface area contributed by atoms with Crippen LogP contribution in [-0.4, -0.2) is 22.8 Å². The summed E-state index contributed by atoms with van der Waals surface area (Å²) in [6.07, 6.45) is 6.21. The monoisotopic (exact) mass is 283 g/mol. The first-order valence-electron chi connectivity index (χ1n) is 7.29. The van der Waals surface area contributed by atoms with E-state index in [-0.39, 0.29) is 0 Å². The van der Waals surface area contributed by atoms with E-state index in [2.05, 4.69) is 36.3 Å². The maximum absolute atomic E-state index is 5.95. The normalized spacial score (nSPS) is 19.5. The zero-order chi connectivity index (χ0) is 13.7. The Balaban J connectivity index is 1.77. The van der Waals surface area contributed by atoms with Gasteiger partial charge < -0.3 is 10.1 Å². The highest BCUT2D eigenvalue weighted by Gasteiger charge is 2.28. The third kappa shape index (κ3) is 4.73. The first kappa shape index (κ1) is 14.7. The van der Waals surface area contributed by atoms with Gasteiger partial charge in [-0.15, -0.1) is 5.10 Å². The van der Waals surface area contributed by atoms with Gasteiger partial charge in [0.1, 0.15) is 11.1 Å². The summed E-state index contributed by atoms with van der Waals surface area (Å²) in [5, 5.41) is 13.4. The van der Waals surface area contributed by atoms with Crippen molar-refractivity contribution in [3.63, 3.8) is 0 Å². The Morgan fingerprint density at radius 2 is 2.05 bits per heavy atom. The molecule has 1 fully saturated rings. The Morgan fingerprint density at radius 3 is 2.74 bits per heavy atom. The predicted molar refractivity (Wildman–Crippen MR) is 78.6 cm³/mol. The van der Waals surface area contributed by atoms with Crippen LogP contribution in [0.2, 0.25) is 0 Å². The molecule has 1 N–H and O–H groups in total. The third-order valence-corrected chi connectivity index (χ3v) is 4.52. The zero-order valence-corrected chi connectivity index (χ0v) is 13.1. The molecule has 0 radical (unpaired) electrons. The maximum atomic E-state index is 5.95. The van der Waals surface area contributed by atoms with E-state index in [1.165, 1.54) is 12.8 Å². The lowest BCUT2D eigenvalue weighted by Crippen LogP contribution is -2.28. The summed E-state index contributed by atoms with van der Waals surface area (Å²) in [7, 11) is 0. The summed E-state index contributed by atoms with van der Waals surface area (Å²) < 4.78 is 5.95. The van der Waals surface area contributed by atoms with Gasteiger partial charge in [-0.3, -0.25) is 0 Å². The number of hydrogen-bond acceptors (Lipinski definition) is 5. The van der Waals surface area contributed by atoms with Gasteiger partial charge in [-0.1, -0.05) is 37.2 Å². The quantitative estimate of drug-likeness (QED) is 0.813. The van der Waals surface area contributed by atoms with Crippen LogP contribution in [0.25, 0.3) is 0 Å². The van der Waals surface area contributed by atoms with Gasteiger partial charge in [-0.2, -0.15) is 0 Å². The van der Waals surface area contributed by atoms with Crippen LogP contribution in [0.1, 0.15) is 57.9 Å². The lowest BCUT2D eigenvalue weighted by molar-refractivity contribution is 0.0978. The van der Waals surface area contributed by atoms with Crippen LogP contribution in [-0.2, 0) is 6.54 Å². The summed E-state index contributed by atoms with van der Waals surface area (Å²) >= 11 is 1.57. The minimum atomic E-state index is 0.331. The fourth-order valence-electron chi connectivity index (χ4n) is 2.36. The van der Waals surface area contributed by atoms with Crippen molar-refractivity contribution >= 4 is 11.3 Å². The Bertz CT molecular complexity index is 382. The number of ether oxygens (including phenoxy) is 1. The molecule has 1 heterocycles. The number of nitrogens with zero attached hydrogens (tertiary/aromatic N) is 2. The van der Waals surface area contributed by atoms with Crippen molar-refractivity contribution in [2.75, 3.05) is 6.54 Å². The van der Waals surface area contributed by atoms with E-state index in [0.717, 1.165) is 42.6 Å². The summed E-state index contributed by atoms with van der Waals surface area (Å²) in [5.74, 6) is 0. The van der Waals surface area contributed by atoms with Crippen LogP contribution in [0.4, 0.5) is 0 Å². The fourth-order valence-corrected chi connectivity index (χ4v) is 3.09. The Hall–Kier alpha value is -0.680. The molecular formula is C14H25N3OS. The van der Waals surface area contributed by atoms with Crippen molar-refractivity contribution in [2.24, 2.45) is 5.41 Å². The second-order valence-electron chi connectivity index (χ2n) is 6.12. The van der Waals surface area contributed by atoms with E-state index in [0.29, 0.717) is 11.5 Å². The standard InChI is InChI=1S/C14H25N3OS/c1-4-9-15-10-12-16-17-13(19-12)18-11-5-7-14(2,3)8-6-11/h11,15H,4-10H2,1-3H3. The molecule has 2 rings (SSSR count). The molecule has 4 nitrogen and oxygen atoms in total. The van der Waals surface area contributed by atoms with Gasteiger partial charge in [0, 0.05) is 6.54 Å². The van der Waals surface area contributed by atoms with Crippen LogP contribution in [0.5, 0.6) is 5.19 Å². The number of nitrogens with one attached hydrogen (secondary N) is 1. The number of rotatable bonds is 6. The summed E-state index contributed by atoms with van der Waals surface area (Å²) in [5.41, 5.74) is 0.482. The van der Waals surface area contributed by atoms with Crippen LogP contribution in [0.15, 0.2) is 0 Å². The van der Waals surface area contributed by atoms with Gasteiger partial charge in [-0.25, -0.2) is 0 Å². The molecule has 1 aliphatic carbocycles. The van der Waals surface area contributed by atoms with Crippen molar-refractivity contribution in [1.29, 1.82) is 0 Å². The van der Waals surface area contributed by atoms with E-state index in [4.69, 9.17) is 4.74 Å². The molecule has 0 saturated heterocycles. The Kier molecular flexibility index (Phi) is 5.16. The van der Waals surface area contributed by atoms with E-state index in [9.17, 15) is 0 Å². The number of aromatic nitrogens is 2. The zero-order valence-electron chi connectivity index (χ0n) is 12.2. The van der Waals surface area contributed by atoms with Crippen molar-refractivity contribution < 1.29 is 4.74 Å². The van der Waals surface area contributed by atoms with Crippen LogP contribution in [0, 0.1) is 5.41 Å². The molecule has 1 saturated carbocycles. The van der Waals surface area contributed by atoms with Gasteiger partial charge >= 0.3 is 0 Å². The Morgan fingerprint density at radius 1 is 1.32 bits per heavy atom. The molecule has 0 bridgehead atoms. The van der Waals surface area contributed by atoms with Gasteiger partial charge in [-0.05, 0) is 44.1 Å². The lowest BCUT2D eigenvalue weighted by Gasteiger charge is -2.33. The van der Waals surface area contributed by atoms with Crippen LogP contribution < -0.4 is 10.1 Å². The highest BCUT2D eigenvalue weighted by Crippen LogP contribution is 2.36. The highest BCUT2D eigenvalue weighted by atomic mass is 32.1. The van der Waals surface area contributed by atoms with E-state index >= 15 is 0 Å². The van der Waals surface area contributed by atoms with Crippen molar-refractivity contribution in [3.8, 4) is 5.19 Å². The molecule has 1 aliphatic rings. The Labute approximate surface area is 120 Å². The van der Waals surface area contributed by atoms with Gasteiger partial charge in [0.05, 0.1) is 0 Å². The average Bonchev–Trinajstić information content (AvgIpc) is 2.80. The molecule has 0 spiro atoms. The molecule has 0 aromatic carbocycles. The molecule has 0 unspecified atom stereocenters. The SMILES string of the molecule is CCCNCc1nnc(OC2CCC(C)(C)CC2)s1. The second-order valence-corrected chi connectivity index (χ2v) is 7.14. The molecule has 0 atom stereocenters. The van der Waals surface area contributed by atoms with Crippen molar-refractivity contribution in [3.05, 3.63) is 5.01 Å². The molecule has 0 aliphatic heterocycles. The maximum Gasteiger partial charge on any atom is 0.294 e. The molecule has 0 amide bonds. The highest BCUT2D eigenvalue weighted by molar-refractivity contribution is 7.13. The van der Waals surface area contributed by atoms with E-state index in [1.54, 1.807) is 11.3 Å². The minimum absolute atomic E-state index is 0.331. The summed E-state index contributed by atoms with van der Waals surface area (Å²) in [6, 6.07) is 0. The third-order valence-electron chi connectivity index (χ3n) is 3.70. The minimum Gasteiger partial charge on any atom is -0.466 e. The first-order chi connectivity index (χ1) is 9.09. The number of hydrogen-bond donors (Lipinski definition) is 1. The van der Waals surface area contributed by atoms with Gasteiger partial charge in [0.15, 0.2) is 0 Å². The predicted octanol–water partition coefficient (Wildman–Crippen LogP) is 3.39. The van der Waals surface area contributed by atoms with Crippen LogP contribution in [0.3, 0.4) is 0 Å². The smallest absolute Gasteiger partial charge is 0.294 e. The van der Waals surface area contributed by atoms with Gasteiger partial charge in [0.25, 0.3) is 5.19 Å². The lowest BCUT2D eigenvalue weighted by atomic mass is 9.76. The van der Waals surface area contributed by atoms with Gasteiger partial charge in [0.2, 0.25) is 0 Å². The van der Waals surface area contributed by atoms with E-state index < -0.39 is 0 Å². The molecular weight excluding hydrogens is 258 g/mol. The molecule has 1 aromatic heterocycles. The molecule has 1 aromatic rings. The second kappa shape index (κ2) is 6.66. The van der Waals surface area contributed by atoms with Crippen LogP contribution >= 0.6 is 11.3 Å². The molecule has 108 valence electrons.